The first kappa shape index (κ1) is 13.4. The zero-order chi connectivity index (χ0) is 11.4. The largest absolute Gasteiger partial charge is 0.382 e. The SMILES string of the molecule is C=CC(=O)NC[Si](C)(C)C(C)(C)OC. The summed E-state index contributed by atoms with van der Waals surface area (Å²) in [4.78, 5) is 11.0. The maximum atomic E-state index is 11.0. The van der Waals surface area contributed by atoms with E-state index in [1.165, 1.54) is 6.08 Å². The van der Waals surface area contributed by atoms with E-state index >= 15 is 0 Å². The number of amides is 1. The highest BCUT2D eigenvalue weighted by Crippen LogP contribution is 2.22. The molecule has 0 spiro atoms. The van der Waals surface area contributed by atoms with Crippen molar-refractivity contribution in [3.63, 3.8) is 0 Å². The van der Waals surface area contributed by atoms with Gasteiger partial charge in [0, 0.05) is 13.3 Å². The maximum Gasteiger partial charge on any atom is 0.243 e. The quantitative estimate of drug-likeness (QED) is 0.557. The Kier molecular flexibility index (Phi) is 4.54. The van der Waals surface area contributed by atoms with Gasteiger partial charge in [0.1, 0.15) is 8.07 Å². The van der Waals surface area contributed by atoms with Crippen LogP contribution in [0.2, 0.25) is 13.1 Å². The Morgan fingerprint density at radius 1 is 1.57 bits per heavy atom. The predicted octanol–water partition coefficient (Wildman–Crippen LogP) is 1.50. The molecule has 1 N–H and O–H groups in total. The lowest BCUT2D eigenvalue weighted by molar-refractivity contribution is -0.116. The first-order valence-corrected chi connectivity index (χ1v) is 7.93. The number of nitrogens with one attached hydrogen (secondary N) is 1. The van der Waals surface area contributed by atoms with Crippen LogP contribution in [0.1, 0.15) is 13.8 Å². The molecule has 0 aromatic carbocycles. The summed E-state index contributed by atoms with van der Waals surface area (Å²) in [5, 5.41) is 2.70. The van der Waals surface area contributed by atoms with Gasteiger partial charge in [0.2, 0.25) is 5.91 Å². The summed E-state index contributed by atoms with van der Waals surface area (Å²) in [6, 6.07) is 0. The van der Waals surface area contributed by atoms with Crippen molar-refractivity contribution in [3.8, 4) is 0 Å². The van der Waals surface area contributed by atoms with E-state index in [1.54, 1.807) is 7.11 Å². The first-order valence-electron chi connectivity index (χ1n) is 4.72. The molecule has 14 heavy (non-hydrogen) atoms. The Labute approximate surface area is 87.5 Å². The highest BCUT2D eigenvalue weighted by Gasteiger charge is 2.39. The number of carbonyl (C=O) groups is 1. The van der Waals surface area contributed by atoms with E-state index in [4.69, 9.17) is 4.74 Å². The van der Waals surface area contributed by atoms with E-state index in [1.807, 2.05) is 0 Å². The van der Waals surface area contributed by atoms with Gasteiger partial charge in [-0.15, -0.1) is 0 Å². The van der Waals surface area contributed by atoms with Crippen molar-refractivity contribution in [3.05, 3.63) is 12.7 Å². The predicted molar refractivity (Wildman–Crippen MR) is 61.8 cm³/mol. The Bertz CT molecular complexity index is 224. The topological polar surface area (TPSA) is 38.3 Å². The monoisotopic (exact) mass is 215 g/mol. The molecule has 0 aromatic heterocycles. The third kappa shape index (κ3) is 3.27. The van der Waals surface area contributed by atoms with Gasteiger partial charge in [-0.3, -0.25) is 4.79 Å². The molecule has 0 unspecified atom stereocenters. The molecule has 3 nitrogen and oxygen atoms in total. The van der Waals surface area contributed by atoms with Crippen LogP contribution in [0.15, 0.2) is 12.7 Å². The van der Waals surface area contributed by atoms with Gasteiger partial charge >= 0.3 is 0 Å². The highest BCUT2D eigenvalue weighted by molar-refractivity contribution is 6.80. The molecule has 82 valence electrons. The average Bonchev–Trinajstić information content (AvgIpc) is 2.13. The summed E-state index contributed by atoms with van der Waals surface area (Å²) in [6.07, 6.45) is 2.00. The standard InChI is InChI=1S/C10H21NO2Si/c1-7-9(12)11-8-14(5,6)10(2,3)13-4/h7H,1,8H2,2-6H3,(H,11,12). The summed E-state index contributed by atoms with van der Waals surface area (Å²) in [6.45, 7) is 11.9. The Morgan fingerprint density at radius 2 is 2.07 bits per heavy atom. The lowest BCUT2D eigenvalue weighted by Crippen LogP contribution is -2.58. The summed E-state index contributed by atoms with van der Waals surface area (Å²) < 4.78 is 5.45. The van der Waals surface area contributed by atoms with E-state index in [0.717, 1.165) is 0 Å². The number of carbonyl (C=O) groups excluding carboxylic acids is 1. The minimum atomic E-state index is -1.61. The van der Waals surface area contributed by atoms with E-state index in [0.29, 0.717) is 6.17 Å². The zero-order valence-electron chi connectivity index (χ0n) is 9.81. The minimum Gasteiger partial charge on any atom is -0.382 e. The van der Waals surface area contributed by atoms with E-state index in [2.05, 4.69) is 38.8 Å². The van der Waals surface area contributed by atoms with Crippen molar-refractivity contribution in [2.45, 2.75) is 32.2 Å². The van der Waals surface area contributed by atoms with Gasteiger partial charge < -0.3 is 10.1 Å². The molecule has 0 fully saturated rings. The second kappa shape index (κ2) is 4.75. The molecule has 0 rings (SSSR count). The number of rotatable bonds is 5. The summed E-state index contributed by atoms with van der Waals surface area (Å²) in [5.74, 6) is -0.113. The number of methoxy groups -OCH3 is 1. The second-order valence-corrected chi connectivity index (χ2v) is 9.85. The Balaban J connectivity index is 4.34. The average molecular weight is 215 g/mol. The number of hydrogen-bond donors (Lipinski definition) is 1. The van der Waals surface area contributed by atoms with E-state index in [9.17, 15) is 4.79 Å². The zero-order valence-corrected chi connectivity index (χ0v) is 10.8. The molecular weight excluding hydrogens is 194 g/mol. The number of ether oxygens (including phenoxy) is 1. The highest BCUT2D eigenvalue weighted by atomic mass is 28.3. The van der Waals surface area contributed by atoms with Crippen molar-refractivity contribution in [2.75, 3.05) is 13.3 Å². The summed E-state index contributed by atoms with van der Waals surface area (Å²) in [5.41, 5.74) is 0. The van der Waals surface area contributed by atoms with Crippen LogP contribution in [0, 0.1) is 0 Å². The van der Waals surface area contributed by atoms with Crippen LogP contribution in [0.4, 0.5) is 0 Å². The summed E-state index contributed by atoms with van der Waals surface area (Å²) >= 11 is 0. The smallest absolute Gasteiger partial charge is 0.243 e. The van der Waals surface area contributed by atoms with Gasteiger partial charge in [-0.05, 0) is 19.9 Å². The Hall–Kier alpha value is -0.613. The molecule has 0 radical (unpaired) electrons. The lowest BCUT2D eigenvalue weighted by atomic mass is 10.5. The normalized spacial score (nSPS) is 12.4. The van der Waals surface area contributed by atoms with Crippen LogP contribution in [0.5, 0.6) is 0 Å². The van der Waals surface area contributed by atoms with Gasteiger partial charge in [0.05, 0.1) is 5.22 Å². The fourth-order valence-corrected chi connectivity index (χ4v) is 2.46. The van der Waals surface area contributed by atoms with Crippen LogP contribution >= 0.6 is 0 Å². The molecule has 0 saturated heterocycles. The molecule has 0 aromatic rings. The first-order chi connectivity index (χ1) is 6.27. The third-order valence-electron chi connectivity index (χ3n) is 3.03. The maximum absolute atomic E-state index is 11.0. The van der Waals surface area contributed by atoms with Crippen molar-refractivity contribution >= 4 is 14.0 Å². The van der Waals surface area contributed by atoms with Crippen LogP contribution in [-0.2, 0) is 9.53 Å². The molecule has 0 aliphatic carbocycles. The van der Waals surface area contributed by atoms with Gasteiger partial charge in [-0.1, -0.05) is 19.7 Å². The molecule has 0 atom stereocenters. The molecule has 0 aliphatic heterocycles. The van der Waals surface area contributed by atoms with Crippen LogP contribution in [0.3, 0.4) is 0 Å². The minimum absolute atomic E-state index is 0.113. The third-order valence-corrected chi connectivity index (χ3v) is 7.55. The molecular formula is C10H21NO2Si. The van der Waals surface area contributed by atoms with Gasteiger partial charge in [0.25, 0.3) is 0 Å². The van der Waals surface area contributed by atoms with Gasteiger partial charge in [0.15, 0.2) is 0 Å². The molecule has 0 heterocycles. The van der Waals surface area contributed by atoms with E-state index in [-0.39, 0.29) is 11.1 Å². The van der Waals surface area contributed by atoms with Crippen LogP contribution in [-0.4, -0.2) is 32.5 Å². The van der Waals surface area contributed by atoms with Crippen molar-refractivity contribution in [2.24, 2.45) is 0 Å². The summed E-state index contributed by atoms with van der Waals surface area (Å²) in [7, 11) is 0.100. The van der Waals surface area contributed by atoms with E-state index < -0.39 is 8.07 Å². The molecule has 0 bridgehead atoms. The van der Waals surface area contributed by atoms with Gasteiger partial charge in [-0.25, -0.2) is 0 Å². The molecule has 0 saturated carbocycles. The van der Waals surface area contributed by atoms with Crippen LogP contribution < -0.4 is 5.32 Å². The Morgan fingerprint density at radius 3 is 2.43 bits per heavy atom. The fraction of sp³-hybridized carbons (Fsp3) is 0.700. The van der Waals surface area contributed by atoms with Crippen LogP contribution in [0.25, 0.3) is 0 Å². The van der Waals surface area contributed by atoms with Crippen molar-refractivity contribution in [1.29, 1.82) is 0 Å². The second-order valence-electron chi connectivity index (χ2n) is 4.52. The fourth-order valence-electron chi connectivity index (χ4n) is 0.869. The molecule has 4 heteroatoms. The molecule has 1 amide bonds. The van der Waals surface area contributed by atoms with Crippen molar-refractivity contribution in [1.82, 2.24) is 5.32 Å². The lowest BCUT2D eigenvalue weighted by Gasteiger charge is -2.38. The number of hydrogen-bond acceptors (Lipinski definition) is 2. The van der Waals surface area contributed by atoms with Crippen molar-refractivity contribution < 1.29 is 9.53 Å². The molecule has 0 aliphatic rings. The van der Waals surface area contributed by atoms with Gasteiger partial charge in [-0.2, -0.15) is 0 Å².